The number of hydrogen-bond donors (Lipinski definition) is 1. The van der Waals surface area contributed by atoms with Crippen molar-refractivity contribution in [3.63, 3.8) is 0 Å². The van der Waals surface area contributed by atoms with E-state index in [4.69, 9.17) is 5.73 Å². The predicted molar refractivity (Wildman–Crippen MR) is 54.3 cm³/mol. The van der Waals surface area contributed by atoms with Crippen LogP contribution >= 0.6 is 0 Å². The van der Waals surface area contributed by atoms with Crippen LogP contribution in [0.5, 0.6) is 0 Å². The maximum Gasteiger partial charge on any atom is 0.0110 e. The van der Waals surface area contributed by atoms with Crippen molar-refractivity contribution >= 4 is 0 Å². The number of nitrogens with two attached hydrogens (primary N) is 1. The van der Waals surface area contributed by atoms with Crippen LogP contribution in [0.1, 0.15) is 13.8 Å². The number of likely N-dealkylation sites (N-methyl/N-ethyl adjacent to an activating group) is 2. The van der Waals surface area contributed by atoms with Crippen molar-refractivity contribution in [2.75, 3.05) is 46.3 Å². The third-order valence-electron chi connectivity index (χ3n) is 2.23. The Labute approximate surface area is 76.5 Å². The molecule has 0 aliphatic heterocycles. The van der Waals surface area contributed by atoms with Gasteiger partial charge in [-0.25, -0.2) is 0 Å². The predicted octanol–water partition coefficient (Wildman–Crippen LogP) is 0.219. The molecule has 0 aliphatic rings. The number of rotatable bonds is 7. The highest BCUT2D eigenvalue weighted by Crippen LogP contribution is 1.88. The summed E-state index contributed by atoms with van der Waals surface area (Å²) in [6, 6.07) is 0. The first-order chi connectivity index (χ1) is 5.74. The maximum absolute atomic E-state index is 5.49. The molecule has 3 heteroatoms. The molecule has 0 radical (unpaired) electrons. The van der Waals surface area contributed by atoms with E-state index in [2.05, 4.69) is 30.7 Å². The van der Waals surface area contributed by atoms with E-state index in [1.165, 1.54) is 0 Å². The average molecular weight is 173 g/mol. The first kappa shape index (κ1) is 11.9. The zero-order chi connectivity index (χ0) is 9.40. The van der Waals surface area contributed by atoms with Gasteiger partial charge in [0.15, 0.2) is 0 Å². The number of nitrogens with zero attached hydrogens (tertiary/aromatic N) is 2. The molecule has 74 valence electrons. The van der Waals surface area contributed by atoms with Crippen LogP contribution < -0.4 is 5.73 Å². The van der Waals surface area contributed by atoms with E-state index in [1.54, 1.807) is 0 Å². The Hall–Kier alpha value is -0.120. The Morgan fingerprint density at radius 1 is 1.00 bits per heavy atom. The first-order valence-electron chi connectivity index (χ1n) is 4.85. The van der Waals surface area contributed by atoms with Gasteiger partial charge >= 0.3 is 0 Å². The fourth-order valence-corrected chi connectivity index (χ4v) is 1.08. The molecule has 0 bridgehead atoms. The van der Waals surface area contributed by atoms with Gasteiger partial charge in [0, 0.05) is 26.2 Å². The molecule has 0 fully saturated rings. The highest BCUT2D eigenvalue weighted by Gasteiger charge is 2.01. The zero-order valence-corrected chi connectivity index (χ0v) is 8.71. The van der Waals surface area contributed by atoms with Gasteiger partial charge in [-0.1, -0.05) is 13.8 Å². The Balaban J connectivity index is 3.43. The van der Waals surface area contributed by atoms with Gasteiger partial charge < -0.3 is 15.5 Å². The summed E-state index contributed by atoms with van der Waals surface area (Å²) in [6.45, 7) is 10.7. The van der Waals surface area contributed by atoms with Gasteiger partial charge in [0.1, 0.15) is 0 Å². The molecule has 0 rings (SSSR count). The van der Waals surface area contributed by atoms with E-state index in [0.717, 1.165) is 39.3 Å². The van der Waals surface area contributed by atoms with E-state index in [0.29, 0.717) is 0 Å². The number of hydrogen-bond acceptors (Lipinski definition) is 3. The molecular formula is C9H23N3. The lowest BCUT2D eigenvalue weighted by molar-refractivity contribution is 0.242. The summed E-state index contributed by atoms with van der Waals surface area (Å²) in [5.41, 5.74) is 5.49. The van der Waals surface area contributed by atoms with Crippen molar-refractivity contribution in [2.45, 2.75) is 13.8 Å². The van der Waals surface area contributed by atoms with Gasteiger partial charge in [-0.2, -0.15) is 0 Å². The standard InChI is InChI=1S/C9H23N3/c1-4-11(3)8-9-12(5-2)7-6-10/h4-10H2,1-3H3. The Morgan fingerprint density at radius 2 is 1.67 bits per heavy atom. The van der Waals surface area contributed by atoms with E-state index in [1.807, 2.05) is 0 Å². The zero-order valence-electron chi connectivity index (χ0n) is 8.71. The molecule has 0 saturated carbocycles. The van der Waals surface area contributed by atoms with E-state index in [9.17, 15) is 0 Å². The Morgan fingerprint density at radius 3 is 2.08 bits per heavy atom. The fourth-order valence-electron chi connectivity index (χ4n) is 1.08. The van der Waals surface area contributed by atoms with Crippen LogP contribution in [0.25, 0.3) is 0 Å². The van der Waals surface area contributed by atoms with Crippen molar-refractivity contribution < 1.29 is 0 Å². The van der Waals surface area contributed by atoms with Crippen molar-refractivity contribution in [1.29, 1.82) is 0 Å². The lowest BCUT2D eigenvalue weighted by Crippen LogP contribution is -2.36. The van der Waals surface area contributed by atoms with Crippen LogP contribution in [0.15, 0.2) is 0 Å². The molecule has 0 aromatic heterocycles. The molecule has 0 unspecified atom stereocenters. The minimum absolute atomic E-state index is 0.768. The van der Waals surface area contributed by atoms with Crippen LogP contribution in [0, 0.1) is 0 Å². The molecule has 0 atom stereocenters. The minimum atomic E-state index is 0.768. The lowest BCUT2D eigenvalue weighted by Gasteiger charge is -2.22. The second-order valence-corrected chi connectivity index (χ2v) is 3.12. The van der Waals surface area contributed by atoms with Gasteiger partial charge in [0.25, 0.3) is 0 Å². The normalized spacial score (nSPS) is 11.5. The molecule has 3 nitrogen and oxygen atoms in total. The summed E-state index contributed by atoms with van der Waals surface area (Å²) in [5, 5.41) is 0. The summed E-state index contributed by atoms with van der Waals surface area (Å²) in [7, 11) is 2.15. The first-order valence-corrected chi connectivity index (χ1v) is 4.85. The molecular weight excluding hydrogens is 150 g/mol. The van der Waals surface area contributed by atoms with Crippen molar-refractivity contribution in [3.8, 4) is 0 Å². The summed E-state index contributed by atoms with van der Waals surface area (Å²) in [5.74, 6) is 0. The molecule has 0 amide bonds. The van der Waals surface area contributed by atoms with Gasteiger partial charge in [0.05, 0.1) is 0 Å². The molecule has 0 saturated heterocycles. The van der Waals surface area contributed by atoms with Gasteiger partial charge in [0.2, 0.25) is 0 Å². The fraction of sp³-hybridized carbons (Fsp3) is 1.00. The average Bonchev–Trinajstić information content (AvgIpc) is 2.11. The van der Waals surface area contributed by atoms with E-state index >= 15 is 0 Å². The third kappa shape index (κ3) is 5.52. The summed E-state index contributed by atoms with van der Waals surface area (Å²) in [6.07, 6.45) is 0. The Kier molecular flexibility index (Phi) is 7.45. The molecule has 0 aromatic carbocycles. The SMILES string of the molecule is CCN(C)CCN(CC)CCN. The summed E-state index contributed by atoms with van der Waals surface area (Å²) in [4.78, 5) is 4.70. The molecule has 0 aromatic rings. The van der Waals surface area contributed by atoms with E-state index < -0.39 is 0 Å². The third-order valence-corrected chi connectivity index (χ3v) is 2.23. The van der Waals surface area contributed by atoms with Gasteiger partial charge in [-0.3, -0.25) is 0 Å². The van der Waals surface area contributed by atoms with Crippen LogP contribution in [0.2, 0.25) is 0 Å². The molecule has 12 heavy (non-hydrogen) atoms. The maximum atomic E-state index is 5.49. The van der Waals surface area contributed by atoms with Crippen LogP contribution in [-0.4, -0.2) is 56.1 Å². The van der Waals surface area contributed by atoms with Gasteiger partial charge in [-0.05, 0) is 20.1 Å². The monoisotopic (exact) mass is 173 g/mol. The van der Waals surface area contributed by atoms with Gasteiger partial charge in [-0.15, -0.1) is 0 Å². The molecule has 0 aliphatic carbocycles. The summed E-state index contributed by atoms with van der Waals surface area (Å²) < 4.78 is 0. The van der Waals surface area contributed by atoms with E-state index in [-0.39, 0.29) is 0 Å². The smallest absolute Gasteiger partial charge is 0.0110 e. The van der Waals surface area contributed by atoms with Crippen molar-refractivity contribution in [2.24, 2.45) is 5.73 Å². The van der Waals surface area contributed by atoms with Crippen LogP contribution in [0.4, 0.5) is 0 Å². The second-order valence-electron chi connectivity index (χ2n) is 3.12. The largest absolute Gasteiger partial charge is 0.329 e. The highest BCUT2D eigenvalue weighted by molar-refractivity contribution is 4.58. The second kappa shape index (κ2) is 7.53. The summed E-state index contributed by atoms with van der Waals surface area (Å²) >= 11 is 0. The van der Waals surface area contributed by atoms with Crippen molar-refractivity contribution in [1.82, 2.24) is 9.80 Å². The van der Waals surface area contributed by atoms with Crippen LogP contribution in [0.3, 0.4) is 0 Å². The topological polar surface area (TPSA) is 32.5 Å². The molecule has 0 spiro atoms. The van der Waals surface area contributed by atoms with Crippen molar-refractivity contribution in [3.05, 3.63) is 0 Å². The Bertz CT molecular complexity index is 95.8. The molecule has 0 heterocycles. The minimum Gasteiger partial charge on any atom is -0.329 e. The molecule has 2 N–H and O–H groups in total. The quantitative estimate of drug-likeness (QED) is 0.598. The van der Waals surface area contributed by atoms with Crippen LogP contribution in [-0.2, 0) is 0 Å². The highest BCUT2D eigenvalue weighted by atomic mass is 15.2. The lowest BCUT2D eigenvalue weighted by atomic mass is 10.4.